The molecule has 0 amide bonds. The van der Waals surface area contributed by atoms with Crippen molar-refractivity contribution < 1.29 is 0 Å². The van der Waals surface area contributed by atoms with Crippen LogP contribution < -0.4 is 10.6 Å². The van der Waals surface area contributed by atoms with Gasteiger partial charge in [0.05, 0.1) is 11.3 Å². The lowest BCUT2D eigenvalue weighted by Gasteiger charge is -2.36. The summed E-state index contributed by atoms with van der Waals surface area (Å²) >= 11 is 0. The molecule has 1 heterocycles. The van der Waals surface area contributed by atoms with Crippen molar-refractivity contribution in [2.75, 3.05) is 44.2 Å². The van der Waals surface area contributed by atoms with Gasteiger partial charge >= 0.3 is 0 Å². The van der Waals surface area contributed by atoms with Crippen molar-refractivity contribution in [3.8, 4) is 6.07 Å². The van der Waals surface area contributed by atoms with E-state index in [2.05, 4.69) is 15.9 Å². The third-order valence-corrected chi connectivity index (χ3v) is 3.18. The van der Waals surface area contributed by atoms with Gasteiger partial charge in [0, 0.05) is 39.3 Å². The van der Waals surface area contributed by atoms with E-state index in [0.29, 0.717) is 0 Å². The monoisotopic (exact) mass is 230 g/mol. The highest BCUT2D eigenvalue weighted by Gasteiger charge is 2.18. The van der Waals surface area contributed by atoms with Gasteiger partial charge in [0.2, 0.25) is 0 Å². The first-order valence-electron chi connectivity index (χ1n) is 6.01. The summed E-state index contributed by atoms with van der Waals surface area (Å²) in [6.07, 6.45) is 0. The molecule has 1 aromatic carbocycles. The van der Waals surface area contributed by atoms with Crippen LogP contribution in [0.3, 0.4) is 0 Å². The van der Waals surface area contributed by atoms with E-state index in [9.17, 15) is 0 Å². The zero-order valence-electron chi connectivity index (χ0n) is 9.97. The molecule has 1 aliphatic rings. The Hall–Kier alpha value is -1.57. The van der Waals surface area contributed by atoms with E-state index in [4.69, 9.17) is 11.0 Å². The van der Waals surface area contributed by atoms with E-state index < -0.39 is 0 Å². The van der Waals surface area contributed by atoms with Crippen LogP contribution in [0.15, 0.2) is 24.3 Å². The molecule has 17 heavy (non-hydrogen) atoms. The summed E-state index contributed by atoms with van der Waals surface area (Å²) in [5.74, 6) is 0. The quantitative estimate of drug-likeness (QED) is 0.828. The van der Waals surface area contributed by atoms with Gasteiger partial charge < -0.3 is 10.6 Å². The van der Waals surface area contributed by atoms with Crippen molar-refractivity contribution >= 4 is 5.69 Å². The molecule has 0 unspecified atom stereocenters. The van der Waals surface area contributed by atoms with Crippen LogP contribution in [0.25, 0.3) is 0 Å². The first-order valence-corrected chi connectivity index (χ1v) is 6.01. The van der Waals surface area contributed by atoms with E-state index in [-0.39, 0.29) is 0 Å². The molecule has 4 heteroatoms. The molecule has 0 spiro atoms. The third-order valence-electron chi connectivity index (χ3n) is 3.18. The topological polar surface area (TPSA) is 56.3 Å². The minimum atomic E-state index is 0.717. The van der Waals surface area contributed by atoms with E-state index in [1.165, 1.54) is 0 Å². The Morgan fingerprint density at radius 1 is 1.18 bits per heavy atom. The van der Waals surface area contributed by atoms with Crippen LogP contribution in [0, 0.1) is 11.3 Å². The zero-order chi connectivity index (χ0) is 12.1. The lowest BCUT2D eigenvalue weighted by molar-refractivity contribution is 0.265. The molecular weight excluding hydrogens is 212 g/mol. The highest BCUT2D eigenvalue weighted by atomic mass is 15.3. The van der Waals surface area contributed by atoms with Gasteiger partial charge in [-0.25, -0.2) is 0 Å². The maximum absolute atomic E-state index is 9.08. The SMILES string of the molecule is N#Cc1ccccc1N1CCN(CCN)CC1. The third kappa shape index (κ3) is 2.76. The molecule has 1 saturated heterocycles. The highest BCUT2D eigenvalue weighted by molar-refractivity contribution is 5.59. The number of para-hydroxylation sites is 1. The van der Waals surface area contributed by atoms with E-state index >= 15 is 0 Å². The number of hydrogen-bond acceptors (Lipinski definition) is 4. The van der Waals surface area contributed by atoms with Crippen LogP contribution >= 0.6 is 0 Å². The fraction of sp³-hybridized carbons (Fsp3) is 0.462. The standard InChI is InChI=1S/C13H18N4/c14-5-6-16-7-9-17(10-8-16)13-4-2-1-3-12(13)11-15/h1-4H,5-10,14H2. The van der Waals surface area contributed by atoms with E-state index in [0.717, 1.165) is 50.5 Å². The normalized spacial score (nSPS) is 16.8. The number of anilines is 1. The molecule has 2 N–H and O–H groups in total. The number of rotatable bonds is 3. The maximum Gasteiger partial charge on any atom is 0.101 e. The van der Waals surface area contributed by atoms with Gasteiger partial charge in [-0.3, -0.25) is 4.90 Å². The van der Waals surface area contributed by atoms with Gasteiger partial charge in [0.15, 0.2) is 0 Å². The lowest BCUT2D eigenvalue weighted by Crippen LogP contribution is -2.48. The Morgan fingerprint density at radius 2 is 1.88 bits per heavy atom. The largest absolute Gasteiger partial charge is 0.368 e. The van der Waals surface area contributed by atoms with Crippen LogP contribution in [0.2, 0.25) is 0 Å². The number of piperazine rings is 1. The predicted molar refractivity (Wildman–Crippen MR) is 68.9 cm³/mol. The Labute approximate surface area is 102 Å². The summed E-state index contributed by atoms with van der Waals surface area (Å²) < 4.78 is 0. The summed E-state index contributed by atoms with van der Waals surface area (Å²) in [7, 11) is 0. The average molecular weight is 230 g/mol. The molecule has 0 atom stereocenters. The van der Waals surface area contributed by atoms with Crippen LogP contribution in [0.1, 0.15) is 5.56 Å². The van der Waals surface area contributed by atoms with Crippen molar-refractivity contribution in [3.05, 3.63) is 29.8 Å². The molecule has 0 saturated carbocycles. The minimum absolute atomic E-state index is 0.717. The summed E-state index contributed by atoms with van der Waals surface area (Å²) in [4.78, 5) is 4.65. The fourth-order valence-corrected chi connectivity index (χ4v) is 2.24. The van der Waals surface area contributed by atoms with Crippen molar-refractivity contribution in [1.29, 1.82) is 5.26 Å². The molecule has 0 aliphatic carbocycles. The van der Waals surface area contributed by atoms with Crippen molar-refractivity contribution in [2.24, 2.45) is 5.73 Å². The van der Waals surface area contributed by atoms with Crippen molar-refractivity contribution in [2.45, 2.75) is 0 Å². The molecule has 0 aromatic heterocycles. The van der Waals surface area contributed by atoms with Gasteiger partial charge in [-0.05, 0) is 12.1 Å². The fourth-order valence-electron chi connectivity index (χ4n) is 2.24. The first-order chi connectivity index (χ1) is 8.35. The number of benzene rings is 1. The summed E-state index contributed by atoms with van der Waals surface area (Å²) in [5.41, 5.74) is 7.37. The Bertz CT molecular complexity index is 402. The lowest BCUT2D eigenvalue weighted by atomic mass is 10.1. The molecular formula is C13H18N4. The van der Waals surface area contributed by atoms with Gasteiger partial charge in [-0.15, -0.1) is 0 Å². The second-order valence-corrected chi connectivity index (χ2v) is 4.25. The number of nitriles is 1. The van der Waals surface area contributed by atoms with Gasteiger partial charge in [0.25, 0.3) is 0 Å². The maximum atomic E-state index is 9.08. The molecule has 1 fully saturated rings. The first kappa shape index (κ1) is 11.9. The van der Waals surface area contributed by atoms with Gasteiger partial charge in [0.1, 0.15) is 6.07 Å². The van der Waals surface area contributed by atoms with Crippen molar-refractivity contribution in [3.63, 3.8) is 0 Å². The molecule has 1 aliphatic heterocycles. The Balaban J connectivity index is 2.03. The number of nitrogens with two attached hydrogens (primary N) is 1. The van der Waals surface area contributed by atoms with Crippen LogP contribution in [-0.2, 0) is 0 Å². The second kappa shape index (κ2) is 5.67. The molecule has 90 valence electrons. The summed E-state index contributed by atoms with van der Waals surface area (Å²) in [6.45, 7) is 5.67. The smallest absolute Gasteiger partial charge is 0.101 e. The molecule has 4 nitrogen and oxygen atoms in total. The molecule has 0 radical (unpaired) electrons. The van der Waals surface area contributed by atoms with Gasteiger partial charge in [-0.2, -0.15) is 5.26 Å². The predicted octanol–water partition coefficient (Wildman–Crippen LogP) is 0.639. The van der Waals surface area contributed by atoms with Crippen molar-refractivity contribution in [1.82, 2.24) is 4.90 Å². The number of hydrogen-bond donors (Lipinski definition) is 1. The van der Waals surface area contributed by atoms with E-state index in [1.54, 1.807) is 0 Å². The highest BCUT2D eigenvalue weighted by Crippen LogP contribution is 2.20. The second-order valence-electron chi connectivity index (χ2n) is 4.25. The van der Waals surface area contributed by atoms with Gasteiger partial charge in [-0.1, -0.05) is 12.1 Å². The Kier molecular flexibility index (Phi) is 3.97. The molecule has 2 rings (SSSR count). The minimum Gasteiger partial charge on any atom is -0.368 e. The number of nitrogens with zero attached hydrogens (tertiary/aromatic N) is 3. The van der Waals surface area contributed by atoms with Crippen LogP contribution in [-0.4, -0.2) is 44.2 Å². The molecule has 0 bridgehead atoms. The van der Waals surface area contributed by atoms with Crippen LogP contribution in [0.4, 0.5) is 5.69 Å². The summed E-state index contributed by atoms with van der Waals surface area (Å²) in [6, 6.07) is 10.1. The molecule has 1 aromatic rings. The van der Waals surface area contributed by atoms with E-state index in [1.807, 2.05) is 24.3 Å². The Morgan fingerprint density at radius 3 is 2.53 bits per heavy atom. The van der Waals surface area contributed by atoms with Crippen LogP contribution in [0.5, 0.6) is 0 Å². The summed E-state index contributed by atoms with van der Waals surface area (Å²) in [5, 5.41) is 9.08. The average Bonchev–Trinajstić information content (AvgIpc) is 2.40. The zero-order valence-corrected chi connectivity index (χ0v) is 9.97.